The number of ether oxygens (including phenoxy) is 3. The predicted molar refractivity (Wildman–Crippen MR) is 89.4 cm³/mol. The van der Waals surface area contributed by atoms with E-state index in [-0.39, 0.29) is 18.4 Å². The molecule has 1 aromatic carbocycles. The van der Waals surface area contributed by atoms with E-state index < -0.39 is 0 Å². The average Bonchev–Trinajstić information content (AvgIpc) is 2.56. The molecule has 1 aliphatic carbocycles. The molecule has 1 fully saturated rings. The Morgan fingerprint density at radius 2 is 1.78 bits per heavy atom. The van der Waals surface area contributed by atoms with E-state index in [4.69, 9.17) is 14.2 Å². The minimum atomic E-state index is 0.0225. The summed E-state index contributed by atoms with van der Waals surface area (Å²) in [6.07, 6.45) is 4.97. The quantitative estimate of drug-likeness (QED) is 0.875. The van der Waals surface area contributed by atoms with Gasteiger partial charge in [-0.05, 0) is 24.8 Å². The maximum absolute atomic E-state index is 12.4. The number of carbonyl (C=O) groups is 1. The third-order valence-corrected chi connectivity index (χ3v) is 4.59. The lowest BCUT2D eigenvalue weighted by Crippen LogP contribution is -2.41. The van der Waals surface area contributed by atoms with Crippen molar-refractivity contribution in [3.05, 3.63) is 17.7 Å². The van der Waals surface area contributed by atoms with Crippen molar-refractivity contribution in [2.45, 2.75) is 45.1 Å². The van der Waals surface area contributed by atoms with Crippen LogP contribution in [-0.2, 0) is 11.2 Å². The number of amides is 1. The molecule has 1 amide bonds. The Morgan fingerprint density at radius 1 is 1.09 bits per heavy atom. The fraction of sp³-hybridized carbons (Fsp3) is 0.611. The summed E-state index contributed by atoms with van der Waals surface area (Å²) in [4.78, 5) is 12.4. The standard InChI is InChI=1S/C18H27NO4/c1-12-7-5-6-8-14(12)19-16(20)11-13-9-10-15(21-2)18(23-4)17(13)22-3/h9-10,12,14H,5-8,11H2,1-4H3,(H,19,20)/t12-,14-/m0/s1. The first-order chi connectivity index (χ1) is 11.1. The number of hydrogen-bond acceptors (Lipinski definition) is 4. The molecule has 1 N–H and O–H groups in total. The van der Waals surface area contributed by atoms with Gasteiger partial charge in [-0.3, -0.25) is 4.79 Å². The lowest BCUT2D eigenvalue weighted by Gasteiger charge is -2.29. The second kappa shape index (κ2) is 8.09. The first-order valence-electron chi connectivity index (χ1n) is 8.17. The van der Waals surface area contributed by atoms with E-state index in [1.54, 1.807) is 27.4 Å². The van der Waals surface area contributed by atoms with Gasteiger partial charge in [0, 0.05) is 11.6 Å². The summed E-state index contributed by atoms with van der Waals surface area (Å²) in [6, 6.07) is 3.93. The minimum absolute atomic E-state index is 0.0225. The molecule has 0 bridgehead atoms. The number of benzene rings is 1. The van der Waals surface area contributed by atoms with Crippen molar-refractivity contribution in [1.82, 2.24) is 5.32 Å². The van der Waals surface area contributed by atoms with Gasteiger partial charge in [-0.2, -0.15) is 0 Å². The molecule has 0 unspecified atom stereocenters. The van der Waals surface area contributed by atoms with Gasteiger partial charge < -0.3 is 19.5 Å². The molecular weight excluding hydrogens is 294 g/mol. The smallest absolute Gasteiger partial charge is 0.224 e. The van der Waals surface area contributed by atoms with Crippen LogP contribution in [0.1, 0.15) is 38.2 Å². The molecule has 0 aromatic heterocycles. The molecule has 2 atom stereocenters. The summed E-state index contributed by atoms with van der Waals surface area (Å²) < 4.78 is 16.1. The Balaban J connectivity index is 2.11. The van der Waals surface area contributed by atoms with Crippen LogP contribution in [-0.4, -0.2) is 33.3 Å². The number of methoxy groups -OCH3 is 3. The van der Waals surface area contributed by atoms with E-state index in [1.807, 2.05) is 6.07 Å². The Morgan fingerprint density at radius 3 is 2.39 bits per heavy atom. The van der Waals surface area contributed by atoms with E-state index in [0.29, 0.717) is 23.2 Å². The first-order valence-corrected chi connectivity index (χ1v) is 8.17. The third-order valence-electron chi connectivity index (χ3n) is 4.59. The number of hydrogen-bond donors (Lipinski definition) is 1. The van der Waals surface area contributed by atoms with Gasteiger partial charge in [0.05, 0.1) is 27.8 Å². The number of rotatable bonds is 6. The zero-order valence-corrected chi connectivity index (χ0v) is 14.5. The van der Waals surface area contributed by atoms with Gasteiger partial charge in [0.1, 0.15) is 0 Å². The van der Waals surface area contributed by atoms with E-state index in [0.717, 1.165) is 12.0 Å². The van der Waals surface area contributed by atoms with Gasteiger partial charge in [-0.25, -0.2) is 0 Å². The second-order valence-electron chi connectivity index (χ2n) is 6.11. The first kappa shape index (κ1) is 17.4. The molecule has 1 saturated carbocycles. The van der Waals surface area contributed by atoms with Crippen molar-refractivity contribution in [3.8, 4) is 17.2 Å². The zero-order valence-electron chi connectivity index (χ0n) is 14.5. The topological polar surface area (TPSA) is 56.8 Å². The summed E-state index contributed by atoms with van der Waals surface area (Å²) in [6.45, 7) is 2.21. The van der Waals surface area contributed by atoms with Crippen LogP contribution in [0.3, 0.4) is 0 Å². The Bertz CT molecular complexity index is 544. The summed E-state index contributed by atoms with van der Waals surface area (Å²) in [5.41, 5.74) is 0.797. The van der Waals surface area contributed by atoms with Crippen molar-refractivity contribution in [2.75, 3.05) is 21.3 Å². The largest absolute Gasteiger partial charge is 0.493 e. The molecule has 2 rings (SSSR count). The van der Waals surface area contributed by atoms with Crippen LogP contribution in [0.2, 0.25) is 0 Å². The molecule has 5 heteroatoms. The molecule has 1 aromatic rings. The van der Waals surface area contributed by atoms with Crippen LogP contribution in [0, 0.1) is 5.92 Å². The average molecular weight is 321 g/mol. The molecule has 5 nitrogen and oxygen atoms in total. The van der Waals surface area contributed by atoms with Gasteiger partial charge in [-0.1, -0.05) is 25.8 Å². The van der Waals surface area contributed by atoms with Gasteiger partial charge in [0.15, 0.2) is 11.5 Å². The molecule has 128 valence electrons. The predicted octanol–water partition coefficient (Wildman–Crippen LogP) is 2.95. The normalized spacial score (nSPS) is 20.7. The van der Waals surface area contributed by atoms with Gasteiger partial charge in [-0.15, -0.1) is 0 Å². The van der Waals surface area contributed by atoms with Crippen molar-refractivity contribution in [1.29, 1.82) is 0 Å². The monoisotopic (exact) mass is 321 g/mol. The second-order valence-corrected chi connectivity index (χ2v) is 6.11. The molecule has 23 heavy (non-hydrogen) atoms. The highest BCUT2D eigenvalue weighted by Crippen LogP contribution is 2.39. The highest BCUT2D eigenvalue weighted by atomic mass is 16.5. The molecule has 0 saturated heterocycles. The van der Waals surface area contributed by atoms with Crippen LogP contribution in [0.4, 0.5) is 0 Å². The summed E-state index contributed by atoms with van der Waals surface area (Å²) in [5, 5.41) is 3.17. The Kier molecular flexibility index (Phi) is 6.13. The van der Waals surface area contributed by atoms with Crippen LogP contribution in [0.15, 0.2) is 12.1 Å². The lowest BCUT2D eigenvalue weighted by atomic mass is 9.86. The third kappa shape index (κ3) is 4.09. The van der Waals surface area contributed by atoms with Crippen molar-refractivity contribution >= 4 is 5.91 Å². The Labute approximate surface area is 138 Å². The van der Waals surface area contributed by atoms with Crippen molar-refractivity contribution in [2.24, 2.45) is 5.92 Å². The molecule has 0 radical (unpaired) electrons. The SMILES string of the molecule is COc1ccc(CC(=O)N[C@H]2CCCC[C@@H]2C)c(OC)c1OC. The summed E-state index contributed by atoms with van der Waals surface area (Å²) in [5.74, 6) is 2.23. The fourth-order valence-corrected chi connectivity index (χ4v) is 3.26. The van der Waals surface area contributed by atoms with Crippen LogP contribution in [0.5, 0.6) is 17.2 Å². The van der Waals surface area contributed by atoms with E-state index in [9.17, 15) is 4.79 Å². The highest BCUT2D eigenvalue weighted by molar-refractivity contribution is 5.80. The molecule has 0 aliphatic heterocycles. The Hall–Kier alpha value is -1.91. The number of nitrogens with one attached hydrogen (secondary N) is 1. The van der Waals surface area contributed by atoms with E-state index in [1.165, 1.54) is 19.3 Å². The van der Waals surface area contributed by atoms with E-state index >= 15 is 0 Å². The van der Waals surface area contributed by atoms with Crippen LogP contribution >= 0.6 is 0 Å². The van der Waals surface area contributed by atoms with Crippen LogP contribution in [0.25, 0.3) is 0 Å². The molecule has 0 heterocycles. The van der Waals surface area contributed by atoms with Crippen molar-refractivity contribution in [3.63, 3.8) is 0 Å². The maximum atomic E-state index is 12.4. The fourth-order valence-electron chi connectivity index (χ4n) is 3.26. The van der Waals surface area contributed by atoms with Gasteiger partial charge in [0.2, 0.25) is 11.7 Å². The minimum Gasteiger partial charge on any atom is -0.493 e. The molecule has 0 spiro atoms. The van der Waals surface area contributed by atoms with Gasteiger partial charge in [0.25, 0.3) is 0 Å². The van der Waals surface area contributed by atoms with Gasteiger partial charge >= 0.3 is 0 Å². The summed E-state index contributed by atoms with van der Waals surface area (Å²) in [7, 11) is 4.71. The zero-order chi connectivity index (χ0) is 16.8. The number of carbonyl (C=O) groups excluding carboxylic acids is 1. The molecular formula is C18H27NO4. The molecule has 1 aliphatic rings. The van der Waals surface area contributed by atoms with E-state index in [2.05, 4.69) is 12.2 Å². The summed E-state index contributed by atoms with van der Waals surface area (Å²) >= 11 is 0. The lowest BCUT2D eigenvalue weighted by molar-refractivity contribution is -0.121. The maximum Gasteiger partial charge on any atom is 0.224 e. The van der Waals surface area contributed by atoms with Crippen LogP contribution < -0.4 is 19.5 Å². The highest BCUT2D eigenvalue weighted by Gasteiger charge is 2.24. The van der Waals surface area contributed by atoms with Crippen molar-refractivity contribution < 1.29 is 19.0 Å².